The number of aliphatic hydroxyl groups excluding tert-OH is 1. The van der Waals surface area contributed by atoms with Gasteiger partial charge in [-0.25, -0.2) is 0 Å². The molecule has 0 amide bonds. The number of aliphatic carboxylic acids is 1. The van der Waals surface area contributed by atoms with Crippen LogP contribution in [0.2, 0.25) is 0 Å². The van der Waals surface area contributed by atoms with Crippen molar-refractivity contribution in [3.63, 3.8) is 0 Å². The van der Waals surface area contributed by atoms with Crippen LogP contribution >= 0.6 is 0 Å². The number of aliphatic hydroxyl groups is 1. The Balaban J connectivity index is 2.70. The summed E-state index contributed by atoms with van der Waals surface area (Å²) in [6.07, 6.45) is 0.706. The van der Waals surface area contributed by atoms with Crippen molar-refractivity contribution in [2.45, 2.75) is 45.1 Å². The zero-order chi connectivity index (χ0) is 15.2. The van der Waals surface area contributed by atoms with E-state index >= 15 is 0 Å². The van der Waals surface area contributed by atoms with Crippen molar-refractivity contribution < 1.29 is 15.0 Å². The lowest BCUT2D eigenvalue weighted by molar-refractivity contribution is -0.137. The molecule has 0 aliphatic rings. The molecule has 0 radical (unpaired) electrons. The van der Waals surface area contributed by atoms with Crippen molar-refractivity contribution in [2.75, 3.05) is 13.2 Å². The Morgan fingerprint density at radius 2 is 1.85 bits per heavy atom. The second-order valence-electron chi connectivity index (χ2n) is 6.12. The van der Waals surface area contributed by atoms with Crippen molar-refractivity contribution >= 4 is 5.97 Å². The first kappa shape index (κ1) is 16.7. The average molecular weight is 279 g/mol. The smallest absolute Gasteiger partial charge is 0.304 e. The summed E-state index contributed by atoms with van der Waals surface area (Å²) in [5.41, 5.74) is 2.49. The Morgan fingerprint density at radius 1 is 1.25 bits per heavy atom. The number of nitrogens with one attached hydrogen (secondary N) is 1. The molecule has 4 heteroatoms. The number of carboxylic acids is 1. The molecular weight excluding hydrogens is 254 g/mol. The summed E-state index contributed by atoms with van der Waals surface area (Å²) in [5.74, 6) is -0.827. The van der Waals surface area contributed by atoms with Crippen LogP contribution in [0.25, 0.3) is 0 Å². The predicted molar refractivity (Wildman–Crippen MR) is 80.0 cm³/mol. The van der Waals surface area contributed by atoms with Gasteiger partial charge in [-0.2, -0.15) is 0 Å². The van der Waals surface area contributed by atoms with E-state index in [1.54, 1.807) is 0 Å². The Morgan fingerprint density at radius 3 is 2.30 bits per heavy atom. The zero-order valence-corrected chi connectivity index (χ0v) is 12.5. The van der Waals surface area contributed by atoms with Gasteiger partial charge in [0.2, 0.25) is 0 Å². The van der Waals surface area contributed by atoms with Crippen LogP contribution in [0.5, 0.6) is 0 Å². The molecule has 3 N–H and O–H groups in total. The fourth-order valence-corrected chi connectivity index (χ4v) is 2.12. The highest BCUT2D eigenvalue weighted by Crippen LogP contribution is 2.22. The fraction of sp³-hybridized carbons (Fsp3) is 0.562. The third kappa shape index (κ3) is 5.72. The Bertz CT molecular complexity index is 420. The monoisotopic (exact) mass is 279 g/mol. The molecule has 1 rings (SSSR count). The van der Waals surface area contributed by atoms with Crippen LogP contribution in [0, 0.1) is 0 Å². The minimum Gasteiger partial charge on any atom is -0.481 e. The maximum atomic E-state index is 10.8. The molecule has 0 fully saturated rings. The molecule has 0 aliphatic heterocycles. The molecule has 1 unspecified atom stereocenters. The van der Waals surface area contributed by atoms with Crippen molar-refractivity contribution in [3.8, 4) is 0 Å². The van der Waals surface area contributed by atoms with E-state index < -0.39 is 5.97 Å². The first-order chi connectivity index (χ1) is 9.32. The second kappa shape index (κ2) is 7.41. The van der Waals surface area contributed by atoms with Gasteiger partial charge in [0.15, 0.2) is 0 Å². The molecule has 0 aromatic heterocycles. The normalized spacial score (nSPS) is 13.2. The SMILES string of the molecule is CC(C)(C)c1ccc(CC(CC(=O)O)NCCO)cc1. The van der Waals surface area contributed by atoms with Crippen molar-refractivity contribution in [3.05, 3.63) is 35.4 Å². The fourth-order valence-electron chi connectivity index (χ4n) is 2.12. The molecule has 0 saturated carbocycles. The van der Waals surface area contributed by atoms with Crippen LogP contribution < -0.4 is 5.32 Å². The molecule has 1 aromatic carbocycles. The van der Waals surface area contributed by atoms with Crippen LogP contribution in [-0.2, 0) is 16.6 Å². The molecule has 112 valence electrons. The third-order valence-corrected chi connectivity index (χ3v) is 3.27. The van der Waals surface area contributed by atoms with E-state index in [-0.39, 0.29) is 24.5 Å². The van der Waals surface area contributed by atoms with Crippen LogP contribution in [0.1, 0.15) is 38.3 Å². The van der Waals surface area contributed by atoms with Crippen LogP contribution in [0.4, 0.5) is 0 Å². The van der Waals surface area contributed by atoms with Crippen LogP contribution in [0.15, 0.2) is 24.3 Å². The summed E-state index contributed by atoms with van der Waals surface area (Å²) in [6.45, 7) is 6.92. The van der Waals surface area contributed by atoms with Crippen molar-refractivity contribution in [2.24, 2.45) is 0 Å². The number of hydrogen-bond donors (Lipinski definition) is 3. The maximum Gasteiger partial charge on any atom is 0.304 e. The largest absolute Gasteiger partial charge is 0.481 e. The lowest BCUT2D eigenvalue weighted by atomic mass is 9.86. The van der Waals surface area contributed by atoms with Gasteiger partial charge in [0.25, 0.3) is 0 Å². The highest BCUT2D eigenvalue weighted by atomic mass is 16.4. The Kier molecular flexibility index (Phi) is 6.17. The molecule has 4 nitrogen and oxygen atoms in total. The van der Waals surface area contributed by atoms with Crippen LogP contribution in [-0.4, -0.2) is 35.4 Å². The topological polar surface area (TPSA) is 69.6 Å². The predicted octanol–water partition coefficient (Wildman–Crippen LogP) is 1.95. The van der Waals surface area contributed by atoms with Gasteiger partial charge in [0.05, 0.1) is 13.0 Å². The van der Waals surface area contributed by atoms with Gasteiger partial charge in [0, 0.05) is 12.6 Å². The lowest BCUT2D eigenvalue weighted by Gasteiger charge is -2.20. The minimum absolute atomic E-state index is 0.0130. The van der Waals surface area contributed by atoms with Gasteiger partial charge in [-0.05, 0) is 23.0 Å². The Labute approximate surface area is 120 Å². The van der Waals surface area contributed by atoms with Gasteiger partial charge in [-0.1, -0.05) is 45.0 Å². The molecule has 0 spiro atoms. The van der Waals surface area contributed by atoms with E-state index in [4.69, 9.17) is 10.2 Å². The van der Waals surface area contributed by atoms with Gasteiger partial charge in [0.1, 0.15) is 0 Å². The van der Waals surface area contributed by atoms with Gasteiger partial charge >= 0.3 is 5.97 Å². The van der Waals surface area contributed by atoms with Crippen molar-refractivity contribution in [1.29, 1.82) is 0 Å². The summed E-state index contributed by atoms with van der Waals surface area (Å²) in [6, 6.07) is 8.14. The number of rotatable bonds is 7. The van der Waals surface area contributed by atoms with E-state index in [1.165, 1.54) is 5.56 Å². The van der Waals surface area contributed by atoms with E-state index in [9.17, 15) is 4.79 Å². The number of carbonyl (C=O) groups is 1. The van der Waals surface area contributed by atoms with Gasteiger partial charge in [-0.3, -0.25) is 4.79 Å². The number of benzene rings is 1. The summed E-state index contributed by atoms with van der Waals surface area (Å²) in [5, 5.41) is 20.8. The molecule has 20 heavy (non-hydrogen) atoms. The van der Waals surface area contributed by atoms with Crippen molar-refractivity contribution in [1.82, 2.24) is 5.32 Å². The summed E-state index contributed by atoms with van der Waals surface area (Å²) in [4.78, 5) is 10.8. The molecule has 0 saturated heterocycles. The summed E-state index contributed by atoms with van der Waals surface area (Å²) >= 11 is 0. The van der Waals surface area contributed by atoms with E-state index in [0.717, 1.165) is 5.56 Å². The zero-order valence-electron chi connectivity index (χ0n) is 12.5. The third-order valence-electron chi connectivity index (χ3n) is 3.27. The van der Waals surface area contributed by atoms with E-state index in [1.807, 2.05) is 0 Å². The second-order valence-corrected chi connectivity index (χ2v) is 6.12. The highest BCUT2D eigenvalue weighted by Gasteiger charge is 2.15. The molecule has 0 aliphatic carbocycles. The lowest BCUT2D eigenvalue weighted by Crippen LogP contribution is -2.35. The quantitative estimate of drug-likeness (QED) is 0.713. The molecule has 1 aromatic rings. The van der Waals surface area contributed by atoms with Crippen LogP contribution in [0.3, 0.4) is 0 Å². The first-order valence-electron chi connectivity index (χ1n) is 6.98. The standard InChI is InChI=1S/C16H25NO3/c1-16(2,3)13-6-4-12(5-7-13)10-14(11-15(19)20)17-8-9-18/h4-7,14,17-18H,8-11H2,1-3H3,(H,19,20). The average Bonchev–Trinajstić information content (AvgIpc) is 2.35. The Hall–Kier alpha value is -1.39. The summed E-state index contributed by atoms with van der Waals surface area (Å²) in [7, 11) is 0. The highest BCUT2D eigenvalue weighted by molar-refractivity contribution is 5.67. The number of hydrogen-bond acceptors (Lipinski definition) is 3. The molecule has 1 atom stereocenters. The maximum absolute atomic E-state index is 10.8. The number of carboxylic acid groups (broad SMARTS) is 1. The summed E-state index contributed by atoms with van der Waals surface area (Å²) < 4.78 is 0. The van der Waals surface area contributed by atoms with Gasteiger partial charge < -0.3 is 15.5 Å². The van der Waals surface area contributed by atoms with E-state index in [2.05, 4.69) is 50.4 Å². The molecule has 0 heterocycles. The van der Waals surface area contributed by atoms with E-state index in [0.29, 0.717) is 13.0 Å². The molecular formula is C16H25NO3. The molecule has 0 bridgehead atoms. The minimum atomic E-state index is -0.827. The first-order valence-corrected chi connectivity index (χ1v) is 6.98. The van der Waals surface area contributed by atoms with Gasteiger partial charge in [-0.15, -0.1) is 0 Å².